The average molecular weight is 417 g/mol. The number of nitrogens with two attached hydrogens (primary N) is 1. The number of halogens is 3. The lowest BCUT2D eigenvalue weighted by Crippen LogP contribution is -2.21. The molecular weight excluding hydrogens is 401 g/mol. The van der Waals surface area contributed by atoms with Gasteiger partial charge in [-0.25, -0.2) is 4.39 Å². The Balaban J connectivity index is 2.28. The third kappa shape index (κ3) is 4.53. The molecule has 112 valence electrons. The van der Waals surface area contributed by atoms with Crippen LogP contribution < -0.4 is 10.5 Å². The lowest BCUT2D eigenvalue weighted by molar-refractivity contribution is 0.469. The summed E-state index contributed by atoms with van der Waals surface area (Å²) in [6, 6.07) is 10.5. The summed E-state index contributed by atoms with van der Waals surface area (Å²) in [6.07, 6.45) is 1.63. The van der Waals surface area contributed by atoms with Crippen LogP contribution in [0, 0.1) is 5.82 Å². The Hall–Kier alpha value is -0.910. The molecule has 0 aliphatic heterocycles. The van der Waals surface area contributed by atoms with Crippen LogP contribution in [0.15, 0.2) is 45.3 Å². The molecular formula is C16H16Br2FNO. The molecule has 0 aliphatic carbocycles. The van der Waals surface area contributed by atoms with Crippen molar-refractivity contribution in [1.29, 1.82) is 0 Å². The highest BCUT2D eigenvalue weighted by Crippen LogP contribution is 2.31. The van der Waals surface area contributed by atoms with Crippen LogP contribution in [-0.2, 0) is 6.42 Å². The van der Waals surface area contributed by atoms with Crippen molar-refractivity contribution < 1.29 is 9.13 Å². The molecule has 1 unspecified atom stereocenters. The summed E-state index contributed by atoms with van der Waals surface area (Å²) in [5.74, 6) is 1.00. The molecule has 2 aromatic rings. The Bertz CT molecular complexity index is 634. The van der Waals surface area contributed by atoms with Crippen molar-refractivity contribution in [2.75, 3.05) is 0 Å². The topological polar surface area (TPSA) is 35.2 Å². The lowest BCUT2D eigenvalue weighted by atomic mass is 10.0. The smallest absolute Gasteiger partial charge is 0.137 e. The molecule has 1 atom stereocenters. The Kier molecular flexibility index (Phi) is 5.79. The quantitative estimate of drug-likeness (QED) is 0.705. The first-order chi connectivity index (χ1) is 9.99. The van der Waals surface area contributed by atoms with Crippen LogP contribution in [0.5, 0.6) is 11.5 Å². The maximum absolute atomic E-state index is 13.3. The second kappa shape index (κ2) is 7.38. The third-order valence-electron chi connectivity index (χ3n) is 3.15. The molecule has 0 aliphatic rings. The van der Waals surface area contributed by atoms with Crippen molar-refractivity contribution in [3.63, 3.8) is 0 Å². The molecule has 5 heteroatoms. The zero-order valence-corrected chi connectivity index (χ0v) is 14.7. The highest BCUT2D eigenvalue weighted by Gasteiger charge is 2.10. The van der Waals surface area contributed by atoms with Crippen LogP contribution in [-0.4, -0.2) is 6.04 Å². The van der Waals surface area contributed by atoms with Crippen LogP contribution in [0.2, 0.25) is 0 Å². The number of hydrogen-bond acceptors (Lipinski definition) is 2. The minimum Gasteiger partial charge on any atom is -0.457 e. The predicted molar refractivity (Wildman–Crippen MR) is 90.3 cm³/mol. The summed E-state index contributed by atoms with van der Waals surface area (Å²) in [5.41, 5.74) is 7.06. The number of ether oxygens (including phenoxy) is 1. The first-order valence-corrected chi connectivity index (χ1v) is 8.25. The van der Waals surface area contributed by atoms with Gasteiger partial charge in [0.25, 0.3) is 0 Å². The molecule has 0 amide bonds. The fourth-order valence-corrected chi connectivity index (χ4v) is 2.67. The lowest BCUT2D eigenvalue weighted by Gasteiger charge is -2.15. The van der Waals surface area contributed by atoms with Gasteiger partial charge >= 0.3 is 0 Å². The molecule has 2 aromatic carbocycles. The Labute approximate surface area is 140 Å². The van der Waals surface area contributed by atoms with Gasteiger partial charge in [0.1, 0.15) is 17.3 Å². The molecule has 0 fully saturated rings. The van der Waals surface area contributed by atoms with Crippen LogP contribution in [0.1, 0.15) is 18.9 Å². The molecule has 0 saturated heterocycles. The van der Waals surface area contributed by atoms with Crippen molar-refractivity contribution in [3.05, 3.63) is 56.7 Å². The van der Waals surface area contributed by atoms with E-state index in [0.29, 0.717) is 10.2 Å². The Morgan fingerprint density at radius 2 is 1.95 bits per heavy atom. The number of benzene rings is 2. The molecule has 0 spiro atoms. The molecule has 21 heavy (non-hydrogen) atoms. The van der Waals surface area contributed by atoms with Crippen LogP contribution in [0.4, 0.5) is 4.39 Å². The van der Waals surface area contributed by atoms with Crippen molar-refractivity contribution >= 4 is 31.9 Å². The summed E-state index contributed by atoms with van der Waals surface area (Å²) in [7, 11) is 0. The van der Waals surface area contributed by atoms with Crippen LogP contribution in [0.3, 0.4) is 0 Å². The first kappa shape index (κ1) is 16.5. The van der Waals surface area contributed by atoms with Gasteiger partial charge < -0.3 is 10.5 Å². The van der Waals surface area contributed by atoms with E-state index in [1.807, 2.05) is 18.2 Å². The molecule has 2 nitrogen and oxygen atoms in total. The van der Waals surface area contributed by atoms with E-state index in [9.17, 15) is 4.39 Å². The van der Waals surface area contributed by atoms with Crippen LogP contribution >= 0.6 is 31.9 Å². The van der Waals surface area contributed by atoms with E-state index in [1.54, 1.807) is 12.1 Å². The van der Waals surface area contributed by atoms with Gasteiger partial charge in [-0.05, 0) is 70.7 Å². The largest absolute Gasteiger partial charge is 0.457 e. The van der Waals surface area contributed by atoms with E-state index >= 15 is 0 Å². The van der Waals surface area contributed by atoms with Crippen molar-refractivity contribution in [1.82, 2.24) is 0 Å². The minimum absolute atomic E-state index is 0.0848. The van der Waals surface area contributed by atoms with E-state index in [1.165, 1.54) is 6.07 Å². The van der Waals surface area contributed by atoms with E-state index in [-0.39, 0.29) is 11.9 Å². The van der Waals surface area contributed by atoms with Gasteiger partial charge in [0.2, 0.25) is 0 Å². The minimum atomic E-state index is -0.314. The standard InChI is InChI=1S/C16H16Br2FNO/c1-2-12(20)8-10-7-11(17)3-6-16(10)21-13-4-5-15(19)14(18)9-13/h3-7,9,12H,2,8,20H2,1H3. The number of rotatable bonds is 5. The summed E-state index contributed by atoms with van der Waals surface area (Å²) >= 11 is 6.62. The van der Waals surface area contributed by atoms with Gasteiger partial charge in [-0.3, -0.25) is 0 Å². The monoisotopic (exact) mass is 415 g/mol. The fourth-order valence-electron chi connectivity index (χ4n) is 1.90. The van der Waals surface area contributed by atoms with E-state index in [2.05, 4.69) is 38.8 Å². The fraction of sp³-hybridized carbons (Fsp3) is 0.250. The van der Waals surface area contributed by atoms with Gasteiger partial charge in [-0.1, -0.05) is 22.9 Å². The van der Waals surface area contributed by atoms with E-state index in [4.69, 9.17) is 10.5 Å². The SMILES string of the molecule is CCC(N)Cc1cc(Br)ccc1Oc1ccc(F)c(Br)c1. The Morgan fingerprint density at radius 1 is 1.19 bits per heavy atom. The van der Waals surface area contributed by atoms with Gasteiger partial charge in [-0.15, -0.1) is 0 Å². The van der Waals surface area contributed by atoms with Gasteiger partial charge in [0, 0.05) is 10.5 Å². The van der Waals surface area contributed by atoms with Gasteiger partial charge in [0.05, 0.1) is 4.47 Å². The third-order valence-corrected chi connectivity index (χ3v) is 4.25. The maximum Gasteiger partial charge on any atom is 0.137 e. The molecule has 0 radical (unpaired) electrons. The molecule has 2 rings (SSSR count). The molecule has 0 aromatic heterocycles. The van der Waals surface area contributed by atoms with E-state index < -0.39 is 0 Å². The zero-order valence-electron chi connectivity index (χ0n) is 11.6. The molecule has 0 bridgehead atoms. The maximum atomic E-state index is 13.3. The van der Waals surface area contributed by atoms with Gasteiger partial charge in [-0.2, -0.15) is 0 Å². The Morgan fingerprint density at radius 3 is 2.62 bits per heavy atom. The van der Waals surface area contributed by atoms with Crippen molar-refractivity contribution in [3.8, 4) is 11.5 Å². The zero-order chi connectivity index (χ0) is 15.4. The van der Waals surface area contributed by atoms with E-state index in [0.717, 1.165) is 28.6 Å². The second-order valence-corrected chi connectivity index (χ2v) is 6.57. The van der Waals surface area contributed by atoms with Crippen molar-refractivity contribution in [2.45, 2.75) is 25.8 Å². The summed E-state index contributed by atoms with van der Waals surface area (Å²) in [5, 5.41) is 0. The molecule has 0 heterocycles. The highest BCUT2D eigenvalue weighted by molar-refractivity contribution is 9.10. The summed E-state index contributed by atoms with van der Waals surface area (Å²) in [4.78, 5) is 0. The number of hydrogen-bond donors (Lipinski definition) is 1. The van der Waals surface area contributed by atoms with Crippen molar-refractivity contribution in [2.24, 2.45) is 5.73 Å². The first-order valence-electron chi connectivity index (χ1n) is 6.66. The highest BCUT2D eigenvalue weighted by atomic mass is 79.9. The van der Waals surface area contributed by atoms with Gasteiger partial charge in [0.15, 0.2) is 0 Å². The average Bonchev–Trinajstić information content (AvgIpc) is 2.45. The normalized spacial score (nSPS) is 12.2. The second-order valence-electron chi connectivity index (χ2n) is 4.80. The summed E-state index contributed by atoms with van der Waals surface area (Å²) < 4.78 is 20.5. The molecule has 2 N–H and O–H groups in total. The summed E-state index contributed by atoms with van der Waals surface area (Å²) in [6.45, 7) is 2.06. The molecule has 0 saturated carbocycles. The van der Waals surface area contributed by atoms with Crippen LogP contribution in [0.25, 0.3) is 0 Å². The predicted octanol–water partition coefficient (Wildman–Crippen LogP) is 5.42.